The van der Waals surface area contributed by atoms with Crippen molar-refractivity contribution >= 4 is 11.7 Å². The fourth-order valence-electron chi connectivity index (χ4n) is 1.55. The Hall–Kier alpha value is -2.49. The monoisotopic (exact) mass is 257 g/mol. The molecule has 2 aromatic carbocycles. The first-order chi connectivity index (χ1) is 9.15. The molecule has 19 heavy (non-hydrogen) atoms. The number of nitrogen functional groups attached to an aromatic ring is 1. The van der Waals surface area contributed by atoms with Crippen molar-refractivity contribution in [1.82, 2.24) is 0 Å². The van der Waals surface area contributed by atoms with Gasteiger partial charge in [-0.1, -0.05) is 18.2 Å². The highest BCUT2D eigenvalue weighted by Gasteiger charge is 2.12. The molecule has 0 saturated carbocycles. The Balaban J connectivity index is 1.93. The Kier molecular flexibility index (Phi) is 4.03. The normalized spacial score (nSPS) is 11.6. The van der Waals surface area contributed by atoms with Crippen LogP contribution < -0.4 is 10.5 Å². The van der Waals surface area contributed by atoms with Crippen LogP contribution in [0.25, 0.3) is 0 Å². The lowest BCUT2D eigenvalue weighted by molar-refractivity contribution is -0.0371. The van der Waals surface area contributed by atoms with Crippen LogP contribution in [0.5, 0.6) is 5.75 Å². The molecule has 0 heterocycles. The number of rotatable bonds is 4. The molecule has 0 amide bonds. The van der Waals surface area contributed by atoms with Gasteiger partial charge in [0.1, 0.15) is 5.75 Å². The largest absolute Gasteiger partial charge is 0.455 e. The first-order valence-corrected chi connectivity index (χ1v) is 5.93. The summed E-state index contributed by atoms with van der Waals surface area (Å²) in [4.78, 5) is 11.8. The SMILES string of the molecule is CC(OC(=O)c1ccc(N)cc1)Oc1ccccc1. The van der Waals surface area contributed by atoms with Crippen LogP contribution in [0.1, 0.15) is 17.3 Å². The highest BCUT2D eigenvalue weighted by atomic mass is 16.7. The fourth-order valence-corrected chi connectivity index (χ4v) is 1.55. The minimum Gasteiger partial charge on any atom is -0.455 e. The number of nitrogens with two attached hydrogens (primary N) is 1. The number of esters is 1. The number of benzene rings is 2. The predicted molar refractivity (Wildman–Crippen MR) is 72.8 cm³/mol. The minimum absolute atomic E-state index is 0.441. The molecule has 2 N–H and O–H groups in total. The fraction of sp³-hybridized carbons (Fsp3) is 0.133. The zero-order chi connectivity index (χ0) is 13.7. The van der Waals surface area contributed by atoms with E-state index in [4.69, 9.17) is 15.2 Å². The molecule has 0 fully saturated rings. The molecule has 98 valence electrons. The van der Waals surface area contributed by atoms with Crippen molar-refractivity contribution in [3.05, 3.63) is 60.2 Å². The van der Waals surface area contributed by atoms with Crippen molar-refractivity contribution in [2.24, 2.45) is 0 Å². The van der Waals surface area contributed by atoms with E-state index in [0.717, 1.165) is 0 Å². The second-order valence-electron chi connectivity index (χ2n) is 4.03. The third-order valence-corrected chi connectivity index (χ3v) is 2.46. The van der Waals surface area contributed by atoms with Crippen LogP contribution in [0.2, 0.25) is 0 Å². The van der Waals surface area contributed by atoms with Gasteiger partial charge >= 0.3 is 5.97 Å². The van der Waals surface area contributed by atoms with E-state index >= 15 is 0 Å². The molecule has 1 atom stereocenters. The third-order valence-electron chi connectivity index (χ3n) is 2.46. The van der Waals surface area contributed by atoms with Crippen molar-refractivity contribution in [3.8, 4) is 5.75 Å². The molecular formula is C15H15NO3. The summed E-state index contributed by atoms with van der Waals surface area (Å²) < 4.78 is 10.6. The lowest BCUT2D eigenvalue weighted by atomic mass is 10.2. The van der Waals surface area contributed by atoms with Crippen molar-refractivity contribution in [2.45, 2.75) is 13.2 Å². The number of carbonyl (C=O) groups excluding carboxylic acids is 1. The van der Waals surface area contributed by atoms with E-state index in [1.807, 2.05) is 18.2 Å². The molecule has 0 spiro atoms. The molecule has 4 heteroatoms. The van der Waals surface area contributed by atoms with Gasteiger partial charge in [0.15, 0.2) is 0 Å². The van der Waals surface area contributed by atoms with Gasteiger partial charge in [-0.05, 0) is 36.4 Å². The number of ether oxygens (including phenoxy) is 2. The molecule has 4 nitrogen and oxygen atoms in total. The van der Waals surface area contributed by atoms with Gasteiger partial charge in [-0.3, -0.25) is 0 Å². The molecule has 0 bridgehead atoms. The summed E-state index contributed by atoms with van der Waals surface area (Å²) in [7, 11) is 0. The molecule has 0 aromatic heterocycles. The Labute approximate surface area is 111 Å². The lowest BCUT2D eigenvalue weighted by Crippen LogP contribution is -2.20. The summed E-state index contributed by atoms with van der Waals surface area (Å²) in [5.74, 6) is 0.212. The molecule has 0 aliphatic rings. The van der Waals surface area contributed by atoms with Gasteiger partial charge < -0.3 is 15.2 Å². The van der Waals surface area contributed by atoms with Gasteiger partial charge in [0.2, 0.25) is 6.29 Å². The highest BCUT2D eigenvalue weighted by Crippen LogP contribution is 2.13. The van der Waals surface area contributed by atoms with Crippen molar-refractivity contribution in [1.29, 1.82) is 0 Å². The van der Waals surface area contributed by atoms with Crippen LogP contribution in [0.15, 0.2) is 54.6 Å². The Morgan fingerprint density at radius 3 is 2.32 bits per heavy atom. The Morgan fingerprint density at radius 2 is 1.68 bits per heavy atom. The molecule has 0 aliphatic carbocycles. The number of para-hydroxylation sites is 1. The maximum Gasteiger partial charge on any atom is 0.341 e. The van der Waals surface area contributed by atoms with Crippen LogP contribution in [-0.4, -0.2) is 12.3 Å². The lowest BCUT2D eigenvalue weighted by Gasteiger charge is -2.15. The van der Waals surface area contributed by atoms with Crippen LogP contribution in [-0.2, 0) is 4.74 Å². The minimum atomic E-state index is -0.660. The highest BCUT2D eigenvalue weighted by molar-refractivity contribution is 5.89. The van der Waals surface area contributed by atoms with Gasteiger partial charge in [0, 0.05) is 12.6 Å². The number of hydrogen-bond acceptors (Lipinski definition) is 4. The summed E-state index contributed by atoms with van der Waals surface area (Å²) in [6.45, 7) is 1.67. The number of hydrogen-bond donors (Lipinski definition) is 1. The zero-order valence-corrected chi connectivity index (χ0v) is 10.6. The average molecular weight is 257 g/mol. The molecule has 2 aromatic rings. The van der Waals surface area contributed by atoms with Crippen molar-refractivity contribution in [3.63, 3.8) is 0 Å². The standard InChI is InChI=1S/C15H15NO3/c1-11(18-14-5-3-2-4-6-14)19-15(17)12-7-9-13(16)10-8-12/h2-11H,16H2,1H3. The predicted octanol–water partition coefficient (Wildman–Crippen LogP) is 2.85. The Morgan fingerprint density at radius 1 is 1.05 bits per heavy atom. The first kappa shape index (κ1) is 13.0. The maximum atomic E-state index is 11.8. The Bertz CT molecular complexity index is 537. The van der Waals surface area contributed by atoms with E-state index < -0.39 is 12.3 Å². The van der Waals surface area contributed by atoms with Crippen molar-refractivity contribution < 1.29 is 14.3 Å². The molecule has 1 unspecified atom stereocenters. The van der Waals surface area contributed by atoms with E-state index in [1.54, 1.807) is 43.3 Å². The molecule has 0 aliphatic heterocycles. The third kappa shape index (κ3) is 3.74. The number of anilines is 1. The van der Waals surface area contributed by atoms with Gasteiger partial charge in [0.05, 0.1) is 5.56 Å². The zero-order valence-electron chi connectivity index (χ0n) is 10.6. The quantitative estimate of drug-likeness (QED) is 0.519. The molecule has 0 radical (unpaired) electrons. The molecule has 2 rings (SSSR count). The summed E-state index contributed by atoms with van der Waals surface area (Å²) in [5.41, 5.74) is 6.60. The molecular weight excluding hydrogens is 242 g/mol. The summed E-state index contributed by atoms with van der Waals surface area (Å²) >= 11 is 0. The van der Waals surface area contributed by atoms with E-state index in [2.05, 4.69) is 0 Å². The second kappa shape index (κ2) is 5.91. The van der Waals surface area contributed by atoms with Gasteiger partial charge in [-0.15, -0.1) is 0 Å². The molecule has 0 saturated heterocycles. The van der Waals surface area contributed by atoms with E-state index in [1.165, 1.54) is 0 Å². The van der Waals surface area contributed by atoms with Crippen LogP contribution in [0.3, 0.4) is 0 Å². The first-order valence-electron chi connectivity index (χ1n) is 5.93. The van der Waals surface area contributed by atoms with Crippen LogP contribution in [0, 0.1) is 0 Å². The van der Waals surface area contributed by atoms with Crippen LogP contribution >= 0.6 is 0 Å². The van der Waals surface area contributed by atoms with E-state index in [-0.39, 0.29) is 0 Å². The van der Waals surface area contributed by atoms with E-state index in [9.17, 15) is 4.79 Å². The topological polar surface area (TPSA) is 61.5 Å². The number of carbonyl (C=O) groups is 1. The summed E-state index contributed by atoms with van der Waals surface area (Å²) in [6, 6.07) is 15.7. The maximum absolute atomic E-state index is 11.8. The summed E-state index contributed by atoms with van der Waals surface area (Å²) in [6.07, 6.45) is -0.660. The van der Waals surface area contributed by atoms with Crippen LogP contribution in [0.4, 0.5) is 5.69 Å². The van der Waals surface area contributed by atoms with Gasteiger partial charge in [-0.25, -0.2) is 4.79 Å². The average Bonchev–Trinajstić information content (AvgIpc) is 2.40. The van der Waals surface area contributed by atoms with E-state index in [0.29, 0.717) is 17.0 Å². The van der Waals surface area contributed by atoms with Crippen molar-refractivity contribution in [2.75, 3.05) is 5.73 Å². The van der Waals surface area contributed by atoms with Gasteiger partial charge in [0.25, 0.3) is 0 Å². The smallest absolute Gasteiger partial charge is 0.341 e. The summed E-state index contributed by atoms with van der Waals surface area (Å²) in [5, 5.41) is 0. The second-order valence-corrected chi connectivity index (χ2v) is 4.03. The van der Waals surface area contributed by atoms with Gasteiger partial charge in [-0.2, -0.15) is 0 Å².